The van der Waals surface area contributed by atoms with Crippen LogP contribution in [0.4, 0.5) is 0 Å². The third-order valence-corrected chi connectivity index (χ3v) is 6.43. The van der Waals surface area contributed by atoms with Crippen molar-refractivity contribution in [3.63, 3.8) is 0 Å². The first-order chi connectivity index (χ1) is 9.90. The highest BCUT2D eigenvalue weighted by atomic mass is 32.2. The Hall–Kier alpha value is -0.510. The Bertz CT molecular complexity index is 470. The van der Waals surface area contributed by atoms with Gasteiger partial charge in [-0.15, -0.1) is 11.8 Å². The highest BCUT2D eigenvalue weighted by molar-refractivity contribution is 7.99. The van der Waals surface area contributed by atoms with Crippen LogP contribution in [0.5, 0.6) is 0 Å². The summed E-state index contributed by atoms with van der Waals surface area (Å²) in [6.07, 6.45) is 4.23. The van der Waals surface area contributed by atoms with E-state index in [2.05, 4.69) is 34.1 Å². The lowest BCUT2D eigenvalue weighted by Crippen LogP contribution is -2.36. The number of likely N-dealkylation sites (tertiary alicyclic amines) is 2. The van der Waals surface area contributed by atoms with Crippen molar-refractivity contribution in [3.05, 3.63) is 29.8 Å². The van der Waals surface area contributed by atoms with Gasteiger partial charge in [-0.2, -0.15) is 0 Å². The molecule has 2 fully saturated rings. The van der Waals surface area contributed by atoms with Crippen LogP contribution >= 0.6 is 11.8 Å². The zero-order valence-electron chi connectivity index (χ0n) is 12.1. The Morgan fingerprint density at radius 2 is 1.95 bits per heavy atom. The molecule has 3 heterocycles. The summed E-state index contributed by atoms with van der Waals surface area (Å²) < 4.78 is 0. The minimum absolute atomic E-state index is 0.758. The molecule has 0 N–H and O–H groups in total. The zero-order valence-corrected chi connectivity index (χ0v) is 12.9. The lowest BCUT2D eigenvalue weighted by Gasteiger charge is -2.25. The van der Waals surface area contributed by atoms with E-state index < -0.39 is 0 Å². The van der Waals surface area contributed by atoms with Crippen LogP contribution in [0.25, 0.3) is 0 Å². The van der Waals surface area contributed by atoms with Gasteiger partial charge in [0.05, 0.1) is 0 Å². The van der Waals surface area contributed by atoms with Crippen molar-refractivity contribution in [2.75, 3.05) is 38.5 Å². The van der Waals surface area contributed by atoms with Crippen molar-refractivity contribution >= 4 is 11.8 Å². The highest BCUT2D eigenvalue weighted by Crippen LogP contribution is 2.40. The fraction of sp³-hybridized carbons (Fsp3) is 0.647. The lowest BCUT2D eigenvalue weighted by atomic mass is 10.0. The number of benzene rings is 1. The number of hydrogen-bond acceptors (Lipinski definition) is 3. The third kappa shape index (κ3) is 2.51. The van der Waals surface area contributed by atoms with E-state index in [0.717, 1.165) is 12.0 Å². The van der Waals surface area contributed by atoms with Crippen molar-refractivity contribution in [2.45, 2.75) is 36.1 Å². The topological polar surface area (TPSA) is 6.48 Å². The maximum absolute atomic E-state index is 2.73. The van der Waals surface area contributed by atoms with Crippen molar-refractivity contribution in [3.8, 4) is 0 Å². The molecule has 0 amide bonds. The summed E-state index contributed by atoms with van der Waals surface area (Å²) in [6, 6.07) is 9.86. The molecule has 0 radical (unpaired) electrons. The van der Waals surface area contributed by atoms with Gasteiger partial charge < -0.3 is 4.90 Å². The molecule has 0 aromatic heterocycles. The first-order valence-electron chi connectivity index (χ1n) is 8.08. The molecule has 0 saturated carbocycles. The maximum Gasteiger partial charge on any atom is 0.0235 e. The van der Waals surface area contributed by atoms with Gasteiger partial charge in [0, 0.05) is 35.7 Å². The highest BCUT2D eigenvalue weighted by Gasteiger charge is 2.32. The molecule has 108 valence electrons. The van der Waals surface area contributed by atoms with Crippen LogP contribution in [0.1, 0.15) is 30.7 Å². The van der Waals surface area contributed by atoms with Gasteiger partial charge in [0.25, 0.3) is 0 Å². The second kappa shape index (κ2) is 5.70. The molecule has 0 aliphatic carbocycles. The Kier molecular flexibility index (Phi) is 3.76. The molecule has 4 rings (SSSR count). The van der Waals surface area contributed by atoms with Gasteiger partial charge in [-0.1, -0.05) is 18.2 Å². The predicted molar refractivity (Wildman–Crippen MR) is 85.6 cm³/mol. The van der Waals surface area contributed by atoms with Gasteiger partial charge in [-0.3, -0.25) is 4.90 Å². The fourth-order valence-corrected chi connectivity index (χ4v) is 5.32. The second-order valence-electron chi connectivity index (χ2n) is 6.49. The first-order valence-corrected chi connectivity index (χ1v) is 9.07. The summed E-state index contributed by atoms with van der Waals surface area (Å²) in [5.74, 6) is 2.04. The maximum atomic E-state index is 2.73. The van der Waals surface area contributed by atoms with Gasteiger partial charge in [-0.05, 0) is 50.5 Å². The zero-order chi connectivity index (χ0) is 13.4. The van der Waals surface area contributed by atoms with Gasteiger partial charge in [-0.25, -0.2) is 0 Å². The molecule has 2 saturated heterocycles. The molecular weight excluding hydrogens is 264 g/mol. The van der Waals surface area contributed by atoms with Crippen molar-refractivity contribution in [1.82, 2.24) is 9.80 Å². The molecule has 2 atom stereocenters. The predicted octanol–water partition coefficient (Wildman–Crippen LogP) is 3.05. The van der Waals surface area contributed by atoms with Crippen LogP contribution < -0.4 is 0 Å². The van der Waals surface area contributed by atoms with Crippen LogP contribution in [0.2, 0.25) is 0 Å². The summed E-state index contributed by atoms with van der Waals surface area (Å²) in [5.41, 5.74) is 1.60. The van der Waals surface area contributed by atoms with E-state index in [-0.39, 0.29) is 0 Å². The van der Waals surface area contributed by atoms with E-state index in [0.29, 0.717) is 0 Å². The molecule has 1 aromatic rings. The largest absolute Gasteiger partial charge is 0.301 e. The quantitative estimate of drug-likeness (QED) is 0.844. The molecule has 0 spiro atoms. The van der Waals surface area contributed by atoms with E-state index >= 15 is 0 Å². The van der Waals surface area contributed by atoms with E-state index in [1.165, 1.54) is 62.6 Å². The lowest BCUT2D eigenvalue weighted by molar-refractivity contribution is 0.229. The van der Waals surface area contributed by atoms with Crippen molar-refractivity contribution in [2.24, 2.45) is 0 Å². The number of rotatable bonds is 3. The van der Waals surface area contributed by atoms with Gasteiger partial charge >= 0.3 is 0 Å². The van der Waals surface area contributed by atoms with Crippen molar-refractivity contribution in [1.29, 1.82) is 0 Å². The molecule has 20 heavy (non-hydrogen) atoms. The Morgan fingerprint density at radius 1 is 1.10 bits per heavy atom. The SMILES string of the molecule is c1ccc2c(c1)SCC2CN1CCC(N2CCCC2)C1. The summed E-state index contributed by atoms with van der Waals surface area (Å²) in [7, 11) is 0. The molecule has 3 heteroatoms. The second-order valence-corrected chi connectivity index (χ2v) is 7.55. The summed E-state index contributed by atoms with van der Waals surface area (Å²) in [4.78, 5) is 6.97. The van der Waals surface area contributed by atoms with Crippen LogP contribution in [0, 0.1) is 0 Å². The van der Waals surface area contributed by atoms with E-state index in [1.807, 2.05) is 11.8 Å². The van der Waals surface area contributed by atoms with Crippen molar-refractivity contribution < 1.29 is 0 Å². The van der Waals surface area contributed by atoms with E-state index in [1.54, 1.807) is 5.56 Å². The van der Waals surface area contributed by atoms with Crippen LogP contribution in [-0.2, 0) is 0 Å². The number of nitrogens with zero attached hydrogens (tertiary/aromatic N) is 2. The molecule has 0 bridgehead atoms. The Morgan fingerprint density at radius 3 is 2.85 bits per heavy atom. The molecule has 3 aliphatic heterocycles. The number of thioether (sulfide) groups is 1. The normalized spacial score (nSPS) is 31.0. The average Bonchev–Trinajstić information content (AvgIpc) is 3.19. The molecule has 1 aromatic carbocycles. The van der Waals surface area contributed by atoms with Gasteiger partial charge in [0.15, 0.2) is 0 Å². The average molecular weight is 288 g/mol. The molecule has 3 aliphatic rings. The fourth-order valence-electron chi connectivity index (χ4n) is 4.07. The molecule has 2 nitrogen and oxygen atoms in total. The minimum Gasteiger partial charge on any atom is -0.301 e. The molecular formula is C17H24N2S. The smallest absolute Gasteiger partial charge is 0.0235 e. The molecule has 2 unspecified atom stereocenters. The monoisotopic (exact) mass is 288 g/mol. The summed E-state index contributed by atoms with van der Waals surface area (Å²) in [6.45, 7) is 6.59. The minimum atomic E-state index is 0.758. The number of fused-ring (bicyclic) bond motifs is 1. The van der Waals surface area contributed by atoms with Gasteiger partial charge in [0.1, 0.15) is 0 Å². The van der Waals surface area contributed by atoms with E-state index in [9.17, 15) is 0 Å². The summed E-state index contributed by atoms with van der Waals surface area (Å²) in [5, 5.41) is 0. The first kappa shape index (κ1) is 13.2. The third-order valence-electron chi connectivity index (χ3n) is 5.18. The van der Waals surface area contributed by atoms with Crippen LogP contribution in [-0.4, -0.2) is 54.3 Å². The van der Waals surface area contributed by atoms with Crippen LogP contribution in [0.15, 0.2) is 29.2 Å². The Labute approximate surface area is 126 Å². The van der Waals surface area contributed by atoms with E-state index in [4.69, 9.17) is 0 Å². The Balaban J connectivity index is 1.37. The summed E-state index contributed by atoms with van der Waals surface area (Å²) >= 11 is 2.05. The van der Waals surface area contributed by atoms with Gasteiger partial charge in [0.2, 0.25) is 0 Å². The van der Waals surface area contributed by atoms with Crippen LogP contribution in [0.3, 0.4) is 0 Å². The standard InChI is InChI=1S/C17H24N2S/c1-2-6-17-16(5-1)14(13-20-17)11-18-10-7-15(12-18)19-8-3-4-9-19/h1-2,5-6,14-15H,3-4,7-13H2. The number of hydrogen-bond donors (Lipinski definition) is 0.